The minimum absolute atomic E-state index is 0.131. The zero-order valence-corrected chi connectivity index (χ0v) is 18.1. The van der Waals surface area contributed by atoms with Gasteiger partial charge in [-0.2, -0.15) is 0 Å². The number of fused-ring (bicyclic) bond motifs is 1. The van der Waals surface area contributed by atoms with Crippen LogP contribution < -0.4 is 5.43 Å². The number of carbonyl (C=O) groups is 3. The van der Waals surface area contributed by atoms with Crippen molar-refractivity contribution >= 4 is 28.9 Å². The number of nitrogens with zero attached hydrogens (tertiary/aromatic N) is 3. The minimum atomic E-state index is -0.843. The van der Waals surface area contributed by atoms with Gasteiger partial charge in [0.2, 0.25) is 5.43 Å². The van der Waals surface area contributed by atoms with Gasteiger partial charge in [0, 0.05) is 31.5 Å². The molecule has 0 unspecified atom stereocenters. The van der Waals surface area contributed by atoms with E-state index < -0.39 is 18.0 Å². The fraction of sp³-hybridized carbons (Fsp3) is 0.500. The number of hydrogen-bond donors (Lipinski definition) is 0. The van der Waals surface area contributed by atoms with Crippen molar-refractivity contribution in [1.29, 1.82) is 0 Å². The first kappa shape index (κ1) is 22.5. The van der Waals surface area contributed by atoms with Gasteiger partial charge < -0.3 is 18.9 Å². The second-order valence-electron chi connectivity index (χ2n) is 7.46. The minimum Gasteiger partial charge on any atom is -0.466 e. The molecule has 0 aliphatic carbocycles. The lowest BCUT2D eigenvalue weighted by Crippen LogP contribution is -2.42. The highest BCUT2D eigenvalue weighted by Gasteiger charge is 2.29. The van der Waals surface area contributed by atoms with Crippen LogP contribution in [0.5, 0.6) is 0 Å². The zero-order valence-electron chi connectivity index (χ0n) is 18.1. The average Bonchev–Trinajstić information content (AvgIpc) is 2.77. The topological polar surface area (TPSA) is 108 Å². The van der Waals surface area contributed by atoms with Gasteiger partial charge in [-0.3, -0.25) is 14.4 Å². The monoisotopic (exact) mass is 429 g/mol. The number of amides is 1. The van der Waals surface area contributed by atoms with Gasteiger partial charge in [0.1, 0.15) is 11.2 Å². The van der Waals surface area contributed by atoms with E-state index in [4.69, 9.17) is 9.47 Å². The molecule has 0 radical (unpaired) electrons. The van der Waals surface area contributed by atoms with E-state index in [1.54, 1.807) is 28.5 Å². The van der Waals surface area contributed by atoms with E-state index in [2.05, 4.69) is 4.98 Å². The Hall–Kier alpha value is -3.23. The normalized spacial score (nSPS) is 14.5. The quantitative estimate of drug-likeness (QED) is 0.643. The Morgan fingerprint density at radius 1 is 1.13 bits per heavy atom. The molecular weight excluding hydrogens is 402 g/mol. The lowest BCUT2D eigenvalue weighted by molar-refractivity contribution is -0.151. The van der Waals surface area contributed by atoms with Crippen molar-refractivity contribution in [3.05, 3.63) is 39.8 Å². The Morgan fingerprint density at radius 3 is 2.48 bits per heavy atom. The summed E-state index contributed by atoms with van der Waals surface area (Å²) in [4.78, 5) is 55.5. The molecule has 1 saturated heterocycles. The van der Waals surface area contributed by atoms with Gasteiger partial charge >= 0.3 is 11.9 Å². The average molecular weight is 429 g/mol. The molecule has 31 heavy (non-hydrogen) atoms. The third kappa shape index (κ3) is 4.92. The summed E-state index contributed by atoms with van der Waals surface area (Å²) in [6.07, 6.45) is 2.45. The first-order valence-electron chi connectivity index (χ1n) is 10.5. The van der Waals surface area contributed by atoms with Crippen LogP contribution >= 0.6 is 0 Å². The molecule has 9 nitrogen and oxygen atoms in total. The number of rotatable bonds is 6. The van der Waals surface area contributed by atoms with Crippen LogP contribution in [0.2, 0.25) is 0 Å². The number of hydrogen-bond acceptors (Lipinski definition) is 7. The third-order valence-corrected chi connectivity index (χ3v) is 5.42. The second-order valence-corrected chi connectivity index (χ2v) is 7.46. The van der Waals surface area contributed by atoms with Crippen molar-refractivity contribution < 1.29 is 23.9 Å². The van der Waals surface area contributed by atoms with Crippen LogP contribution in [-0.4, -0.2) is 58.6 Å². The smallest absolute Gasteiger partial charge is 0.344 e. The van der Waals surface area contributed by atoms with E-state index in [0.29, 0.717) is 50.1 Å². The molecule has 1 aliphatic rings. The molecule has 3 heterocycles. The molecule has 0 saturated carbocycles. The van der Waals surface area contributed by atoms with Crippen molar-refractivity contribution in [1.82, 2.24) is 14.5 Å². The molecular formula is C22H27N3O6. The summed E-state index contributed by atoms with van der Waals surface area (Å²) in [5, 5.41) is 0.328. The summed E-state index contributed by atoms with van der Waals surface area (Å²) < 4.78 is 11.9. The summed E-state index contributed by atoms with van der Waals surface area (Å²) in [5.41, 5.74) is 0.667. The zero-order chi connectivity index (χ0) is 22.5. The summed E-state index contributed by atoms with van der Waals surface area (Å²) in [6, 6.07) is 3.35. The maximum atomic E-state index is 12.8. The number of esters is 2. The highest BCUT2D eigenvalue weighted by Crippen LogP contribution is 2.19. The lowest BCUT2D eigenvalue weighted by atomic mass is 9.97. The van der Waals surface area contributed by atoms with Crippen LogP contribution in [0, 0.1) is 12.8 Å². The predicted octanol–water partition coefficient (Wildman–Crippen LogP) is 1.68. The molecule has 166 valence electrons. The van der Waals surface area contributed by atoms with E-state index in [0.717, 1.165) is 5.69 Å². The summed E-state index contributed by atoms with van der Waals surface area (Å²) in [7, 11) is 0. The molecule has 0 bridgehead atoms. The summed E-state index contributed by atoms with van der Waals surface area (Å²) in [5.74, 6) is -1.66. The summed E-state index contributed by atoms with van der Waals surface area (Å²) in [6.45, 7) is 6.64. The number of aryl methyl sites for hydroxylation is 2. The number of piperidine rings is 1. The van der Waals surface area contributed by atoms with Crippen molar-refractivity contribution in [2.24, 2.45) is 5.92 Å². The highest BCUT2D eigenvalue weighted by molar-refractivity contribution is 5.94. The maximum absolute atomic E-state index is 12.8. The van der Waals surface area contributed by atoms with Gasteiger partial charge in [0.25, 0.3) is 5.91 Å². The Bertz CT molecular complexity index is 1050. The molecule has 3 rings (SSSR count). The molecule has 0 spiro atoms. The van der Waals surface area contributed by atoms with Crippen LogP contribution in [0.4, 0.5) is 0 Å². The van der Waals surface area contributed by atoms with E-state index in [1.807, 2.05) is 13.8 Å². The Morgan fingerprint density at radius 2 is 1.84 bits per heavy atom. The largest absolute Gasteiger partial charge is 0.466 e. The van der Waals surface area contributed by atoms with Crippen molar-refractivity contribution in [2.75, 3.05) is 26.3 Å². The fourth-order valence-electron chi connectivity index (χ4n) is 3.67. The number of pyridine rings is 2. The first-order chi connectivity index (χ1) is 14.8. The molecule has 0 N–H and O–H groups in total. The maximum Gasteiger partial charge on any atom is 0.344 e. The van der Waals surface area contributed by atoms with E-state index in [-0.39, 0.29) is 23.4 Å². The predicted molar refractivity (Wildman–Crippen MR) is 113 cm³/mol. The van der Waals surface area contributed by atoms with E-state index in [9.17, 15) is 19.2 Å². The molecule has 2 aromatic rings. The van der Waals surface area contributed by atoms with Gasteiger partial charge in [0.15, 0.2) is 6.61 Å². The van der Waals surface area contributed by atoms with E-state index >= 15 is 0 Å². The lowest BCUT2D eigenvalue weighted by Gasteiger charge is -2.30. The number of likely N-dealkylation sites (tertiary alicyclic amines) is 1. The molecule has 2 aromatic heterocycles. The van der Waals surface area contributed by atoms with Gasteiger partial charge in [-0.25, -0.2) is 9.78 Å². The number of aromatic nitrogens is 2. The van der Waals surface area contributed by atoms with Gasteiger partial charge in [-0.15, -0.1) is 0 Å². The molecule has 9 heteroatoms. The van der Waals surface area contributed by atoms with Crippen LogP contribution in [0.25, 0.3) is 11.0 Å². The van der Waals surface area contributed by atoms with Crippen LogP contribution in [0.15, 0.2) is 23.1 Å². The number of ether oxygens (including phenoxy) is 2. The van der Waals surface area contributed by atoms with Gasteiger partial charge in [0.05, 0.1) is 17.9 Å². The molecule has 1 fully saturated rings. The molecule has 0 atom stereocenters. The summed E-state index contributed by atoms with van der Waals surface area (Å²) >= 11 is 0. The molecule has 1 amide bonds. The number of carbonyl (C=O) groups excluding carboxylic acids is 3. The second kappa shape index (κ2) is 9.72. The Balaban J connectivity index is 1.65. The van der Waals surface area contributed by atoms with Crippen molar-refractivity contribution in [3.8, 4) is 0 Å². The Kier molecular flexibility index (Phi) is 7.04. The van der Waals surface area contributed by atoms with E-state index in [1.165, 1.54) is 6.20 Å². The van der Waals surface area contributed by atoms with Crippen LogP contribution in [0.1, 0.15) is 42.7 Å². The molecule has 1 aliphatic heterocycles. The SMILES string of the molecule is CCOC(=O)C1CCN(C(=O)COC(=O)c2cn(CC)c3nc(C)ccc3c2=O)CC1. The molecule has 0 aromatic carbocycles. The third-order valence-electron chi connectivity index (χ3n) is 5.42. The van der Waals surface area contributed by atoms with Gasteiger partial charge in [-0.1, -0.05) is 0 Å². The standard InChI is InChI=1S/C22H27N3O6/c1-4-24-12-17(19(27)16-7-6-14(3)23-20(16)24)22(29)31-13-18(26)25-10-8-15(9-11-25)21(28)30-5-2/h6-7,12,15H,4-5,8-11,13H2,1-3H3. The van der Waals surface area contributed by atoms with Crippen molar-refractivity contribution in [2.45, 2.75) is 40.2 Å². The Labute approximate surface area is 179 Å². The van der Waals surface area contributed by atoms with Crippen molar-refractivity contribution in [3.63, 3.8) is 0 Å². The van der Waals surface area contributed by atoms with Gasteiger partial charge in [-0.05, 0) is 45.7 Å². The van der Waals surface area contributed by atoms with Crippen LogP contribution in [0.3, 0.4) is 0 Å². The van der Waals surface area contributed by atoms with Crippen LogP contribution in [-0.2, 0) is 25.6 Å². The fourth-order valence-corrected chi connectivity index (χ4v) is 3.67. The first-order valence-corrected chi connectivity index (χ1v) is 10.5. The highest BCUT2D eigenvalue weighted by atomic mass is 16.5.